The third kappa shape index (κ3) is 4.25. The quantitative estimate of drug-likeness (QED) is 0.345. The van der Waals surface area contributed by atoms with Crippen molar-refractivity contribution >= 4 is 28.7 Å². The maximum atomic E-state index is 12.6. The second kappa shape index (κ2) is 8.39. The van der Waals surface area contributed by atoms with Crippen molar-refractivity contribution in [1.82, 2.24) is 25.1 Å². The molecule has 2 heterocycles. The fourth-order valence-electron chi connectivity index (χ4n) is 3.64. The van der Waals surface area contributed by atoms with Crippen LogP contribution in [0.2, 0.25) is 0 Å². The molecule has 156 valence electrons. The van der Waals surface area contributed by atoms with Gasteiger partial charge in [-0.2, -0.15) is 5.10 Å². The van der Waals surface area contributed by atoms with Crippen LogP contribution in [-0.4, -0.2) is 31.4 Å². The predicted octanol–water partition coefficient (Wildman–Crippen LogP) is 3.47. The second-order valence-electron chi connectivity index (χ2n) is 7.58. The Morgan fingerprint density at radius 2 is 1.84 bits per heavy atom. The van der Waals surface area contributed by atoms with Gasteiger partial charge < -0.3 is 10.3 Å². The Kier molecular flexibility index (Phi) is 5.30. The number of amides is 1. The fourth-order valence-corrected chi connectivity index (χ4v) is 4.30. The van der Waals surface area contributed by atoms with Crippen LogP contribution in [0.4, 0.5) is 0 Å². The number of hydrogen-bond donors (Lipinski definition) is 2. The van der Waals surface area contributed by atoms with Crippen LogP contribution < -0.4 is 10.9 Å². The maximum absolute atomic E-state index is 12.6. The number of carbonyl (C=O) groups is 1. The molecule has 7 nitrogen and oxygen atoms in total. The summed E-state index contributed by atoms with van der Waals surface area (Å²) in [6.45, 7) is 0. The molecule has 1 amide bonds. The molecule has 1 atom stereocenters. The van der Waals surface area contributed by atoms with Crippen molar-refractivity contribution in [3.05, 3.63) is 82.8 Å². The highest BCUT2D eigenvalue weighted by molar-refractivity contribution is 7.99. The van der Waals surface area contributed by atoms with Gasteiger partial charge in [0.15, 0.2) is 10.8 Å². The molecule has 0 radical (unpaired) electrons. The summed E-state index contributed by atoms with van der Waals surface area (Å²) in [5, 5.41) is 8.27. The molecule has 0 aliphatic heterocycles. The number of aromatic nitrogens is 4. The average Bonchev–Trinajstić information content (AvgIpc) is 3.55. The highest BCUT2D eigenvalue weighted by Crippen LogP contribution is 2.41. The first-order valence-corrected chi connectivity index (χ1v) is 11.2. The van der Waals surface area contributed by atoms with E-state index in [1.807, 2.05) is 60.7 Å². The highest BCUT2D eigenvalue weighted by Gasteiger charge is 2.33. The van der Waals surface area contributed by atoms with Crippen LogP contribution in [0, 0.1) is 5.92 Å². The van der Waals surface area contributed by atoms with Crippen molar-refractivity contribution in [2.45, 2.75) is 24.0 Å². The summed E-state index contributed by atoms with van der Waals surface area (Å²) in [7, 11) is 0. The number of carbonyl (C=O) groups excluding carboxylic acids is 1. The molecule has 5 rings (SSSR count). The zero-order valence-electron chi connectivity index (χ0n) is 16.7. The van der Waals surface area contributed by atoms with Crippen LogP contribution in [0.15, 0.2) is 76.8 Å². The lowest BCUT2D eigenvalue weighted by atomic mass is 10.0. The number of nitrogens with one attached hydrogen (secondary N) is 2. The third-order valence-corrected chi connectivity index (χ3v) is 6.20. The van der Waals surface area contributed by atoms with Crippen molar-refractivity contribution in [2.75, 3.05) is 5.75 Å². The zero-order valence-corrected chi connectivity index (χ0v) is 17.5. The Morgan fingerprint density at radius 1 is 1.13 bits per heavy atom. The molecule has 1 unspecified atom stereocenters. The molecule has 8 heteroatoms. The smallest absolute Gasteiger partial charge is 0.262 e. The fraction of sp³-hybridized carbons (Fsp3) is 0.217. The van der Waals surface area contributed by atoms with E-state index < -0.39 is 0 Å². The largest absolute Gasteiger partial charge is 0.348 e. The number of thioether (sulfide) groups is 1. The van der Waals surface area contributed by atoms with Gasteiger partial charge in [-0.25, -0.2) is 9.67 Å². The number of fused-ring (bicyclic) bond motifs is 1. The lowest BCUT2D eigenvalue weighted by Crippen LogP contribution is -2.31. The van der Waals surface area contributed by atoms with E-state index in [1.54, 1.807) is 4.68 Å². The Morgan fingerprint density at radius 3 is 2.55 bits per heavy atom. The number of para-hydroxylation sites is 1. The molecule has 0 bridgehead atoms. The minimum absolute atomic E-state index is 0.0308. The topological polar surface area (TPSA) is 92.7 Å². The van der Waals surface area contributed by atoms with Crippen LogP contribution in [-0.2, 0) is 4.79 Å². The molecule has 0 saturated heterocycles. The summed E-state index contributed by atoms with van der Waals surface area (Å²) in [5.41, 5.74) is 2.15. The van der Waals surface area contributed by atoms with E-state index in [-0.39, 0.29) is 23.3 Å². The van der Waals surface area contributed by atoms with Crippen molar-refractivity contribution < 1.29 is 4.79 Å². The molecule has 1 fully saturated rings. The molecule has 0 spiro atoms. The molecule has 1 aliphatic carbocycles. The number of aromatic amines is 1. The first kappa shape index (κ1) is 19.6. The molecular formula is C23H21N5O2S. The summed E-state index contributed by atoms with van der Waals surface area (Å²) < 4.78 is 1.63. The molecule has 2 N–H and O–H groups in total. The van der Waals surface area contributed by atoms with Crippen LogP contribution in [0.1, 0.15) is 24.4 Å². The van der Waals surface area contributed by atoms with E-state index >= 15 is 0 Å². The van der Waals surface area contributed by atoms with Crippen molar-refractivity contribution in [3.63, 3.8) is 0 Å². The van der Waals surface area contributed by atoms with E-state index in [9.17, 15) is 9.59 Å². The standard InChI is InChI=1S/C23H21N5O2S/c29-19(25-20(16-11-12-16)15-7-3-1-4-8-15)14-31-23-26-21-18(22(30)27-23)13-24-28(21)17-9-5-2-6-10-17/h1-10,13,16,20H,11-12,14H2,(H,25,29)(H,26,27,30). The first-order valence-electron chi connectivity index (χ1n) is 10.2. The molecule has 2 aromatic heterocycles. The molecule has 31 heavy (non-hydrogen) atoms. The second-order valence-corrected chi connectivity index (χ2v) is 8.55. The maximum Gasteiger partial charge on any atom is 0.262 e. The van der Waals surface area contributed by atoms with Gasteiger partial charge in [-0.15, -0.1) is 0 Å². The molecule has 2 aromatic carbocycles. The normalized spacial score (nSPS) is 14.5. The first-order chi connectivity index (χ1) is 15.2. The summed E-state index contributed by atoms with van der Waals surface area (Å²) in [4.78, 5) is 32.4. The van der Waals surface area contributed by atoms with Crippen molar-refractivity contribution in [2.24, 2.45) is 5.92 Å². The van der Waals surface area contributed by atoms with Crippen LogP contribution in [0.5, 0.6) is 0 Å². The summed E-state index contributed by atoms with van der Waals surface area (Å²) in [6.07, 6.45) is 3.76. The number of H-pyrrole nitrogens is 1. The van der Waals surface area contributed by atoms with E-state index in [1.165, 1.54) is 18.0 Å². The van der Waals surface area contributed by atoms with Gasteiger partial charge >= 0.3 is 0 Å². The number of hydrogen-bond acceptors (Lipinski definition) is 5. The predicted molar refractivity (Wildman–Crippen MR) is 120 cm³/mol. The molecule has 1 saturated carbocycles. The highest BCUT2D eigenvalue weighted by atomic mass is 32.2. The Bertz CT molecular complexity index is 1270. The van der Waals surface area contributed by atoms with Gasteiger partial charge in [-0.3, -0.25) is 9.59 Å². The summed E-state index contributed by atoms with van der Waals surface area (Å²) >= 11 is 1.21. The lowest BCUT2D eigenvalue weighted by molar-refractivity contribution is -0.119. The van der Waals surface area contributed by atoms with Gasteiger partial charge in [-0.1, -0.05) is 60.3 Å². The van der Waals surface area contributed by atoms with E-state index in [0.29, 0.717) is 22.1 Å². The van der Waals surface area contributed by atoms with Gasteiger partial charge in [-0.05, 0) is 36.5 Å². The van der Waals surface area contributed by atoms with Gasteiger partial charge in [0.05, 0.1) is 23.7 Å². The van der Waals surface area contributed by atoms with E-state index in [2.05, 4.69) is 20.4 Å². The average molecular weight is 432 g/mol. The van der Waals surface area contributed by atoms with Crippen LogP contribution >= 0.6 is 11.8 Å². The summed E-state index contributed by atoms with van der Waals surface area (Å²) in [6, 6.07) is 19.6. The van der Waals surface area contributed by atoms with Gasteiger partial charge in [0, 0.05) is 0 Å². The molecule has 4 aromatic rings. The van der Waals surface area contributed by atoms with Gasteiger partial charge in [0.1, 0.15) is 5.39 Å². The third-order valence-electron chi connectivity index (χ3n) is 5.33. The SMILES string of the molecule is O=C(CSc1nc2c(cnn2-c2ccccc2)c(=O)[nH]1)NC(c1ccccc1)C1CC1. The van der Waals surface area contributed by atoms with Gasteiger partial charge in [0.25, 0.3) is 5.56 Å². The van der Waals surface area contributed by atoms with Crippen molar-refractivity contribution in [3.8, 4) is 5.69 Å². The monoisotopic (exact) mass is 431 g/mol. The Balaban J connectivity index is 1.32. The lowest BCUT2D eigenvalue weighted by Gasteiger charge is -2.18. The van der Waals surface area contributed by atoms with E-state index in [0.717, 1.165) is 24.1 Å². The van der Waals surface area contributed by atoms with E-state index in [4.69, 9.17) is 0 Å². The molecule has 1 aliphatic rings. The molecular weight excluding hydrogens is 410 g/mol. The Hall–Kier alpha value is -3.39. The minimum Gasteiger partial charge on any atom is -0.348 e. The number of rotatable bonds is 7. The van der Waals surface area contributed by atoms with Crippen LogP contribution in [0.25, 0.3) is 16.7 Å². The number of benzene rings is 2. The minimum atomic E-state index is -0.268. The Labute approximate surface area is 182 Å². The summed E-state index contributed by atoms with van der Waals surface area (Å²) in [5.74, 6) is 0.584. The van der Waals surface area contributed by atoms with Crippen LogP contribution in [0.3, 0.4) is 0 Å². The van der Waals surface area contributed by atoms with Crippen molar-refractivity contribution in [1.29, 1.82) is 0 Å². The number of nitrogens with zero attached hydrogens (tertiary/aromatic N) is 3. The van der Waals surface area contributed by atoms with Gasteiger partial charge in [0.2, 0.25) is 5.91 Å². The zero-order chi connectivity index (χ0) is 21.2.